The topological polar surface area (TPSA) is 56.6 Å². The summed E-state index contributed by atoms with van der Waals surface area (Å²) in [4.78, 5) is 18.9. The number of nitrogens with zero attached hydrogens (tertiary/aromatic N) is 3. The molecule has 0 spiro atoms. The number of morpholine rings is 1. The lowest BCUT2D eigenvalue weighted by Crippen LogP contribution is -2.41. The number of carbonyl (C=O) groups excluding carboxylic acids is 1. The Labute approximate surface area is 180 Å². The Hall–Kier alpha value is -3.61. The molecule has 1 aliphatic rings. The summed E-state index contributed by atoms with van der Waals surface area (Å²) in [5, 5.41) is 0. The minimum atomic E-state index is -0.263. The van der Waals surface area contributed by atoms with Crippen LogP contribution >= 0.6 is 0 Å². The van der Waals surface area contributed by atoms with Crippen LogP contribution in [-0.4, -0.2) is 47.2 Å². The van der Waals surface area contributed by atoms with Gasteiger partial charge >= 0.3 is 0 Å². The third kappa shape index (κ3) is 4.77. The van der Waals surface area contributed by atoms with Crippen molar-refractivity contribution in [1.82, 2.24) is 14.5 Å². The Kier molecular flexibility index (Phi) is 6.02. The number of rotatable bonds is 6. The second-order valence-electron chi connectivity index (χ2n) is 7.38. The van der Waals surface area contributed by atoms with Gasteiger partial charge in [-0.05, 0) is 54.8 Å². The highest BCUT2D eigenvalue weighted by molar-refractivity contribution is 5.96. The van der Waals surface area contributed by atoms with E-state index in [9.17, 15) is 9.18 Å². The third-order valence-electron chi connectivity index (χ3n) is 5.19. The van der Waals surface area contributed by atoms with Gasteiger partial charge in [-0.2, -0.15) is 0 Å². The van der Waals surface area contributed by atoms with Crippen molar-refractivity contribution in [2.24, 2.45) is 0 Å². The van der Waals surface area contributed by atoms with Crippen LogP contribution in [0.5, 0.6) is 5.75 Å². The molecular formula is C24H24FN3O3. The molecule has 1 aromatic heterocycles. The Morgan fingerprint density at radius 1 is 1.23 bits per heavy atom. The van der Waals surface area contributed by atoms with Gasteiger partial charge in [-0.15, -0.1) is 0 Å². The molecule has 160 valence electrons. The molecule has 31 heavy (non-hydrogen) atoms. The first-order valence-corrected chi connectivity index (χ1v) is 10.1. The molecule has 2 aromatic carbocycles. The number of aromatic nitrogens is 2. The van der Waals surface area contributed by atoms with Crippen LogP contribution in [0.1, 0.15) is 16.8 Å². The number of benzene rings is 2. The monoisotopic (exact) mass is 421 g/mol. The molecule has 4 rings (SSSR count). The van der Waals surface area contributed by atoms with Crippen molar-refractivity contribution in [3.63, 3.8) is 0 Å². The van der Waals surface area contributed by atoms with Crippen LogP contribution in [0.4, 0.5) is 4.39 Å². The van der Waals surface area contributed by atoms with Gasteiger partial charge in [0.25, 0.3) is 5.91 Å². The molecule has 0 saturated carbocycles. The number of ether oxygens (including phenoxy) is 2. The molecule has 1 aliphatic heterocycles. The van der Waals surface area contributed by atoms with Crippen LogP contribution in [0.2, 0.25) is 0 Å². The summed E-state index contributed by atoms with van der Waals surface area (Å²) in [6.45, 7) is 3.44. The van der Waals surface area contributed by atoms with Gasteiger partial charge in [0.1, 0.15) is 18.2 Å². The van der Waals surface area contributed by atoms with Crippen LogP contribution in [0, 0.1) is 12.7 Å². The number of imidazole rings is 1. The van der Waals surface area contributed by atoms with Gasteiger partial charge in [-0.25, -0.2) is 9.37 Å². The number of amides is 1. The summed E-state index contributed by atoms with van der Waals surface area (Å²) in [6, 6.07) is 12.1. The summed E-state index contributed by atoms with van der Waals surface area (Å²) in [6.07, 6.45) is 6.05. The predicted molar refractivity (Wildman–Crippen MR) is 115 cm³/mol. The third-order valence-corrected chi connectivity index (χ3v) is 5.19. The maximum absolute atomic E-state index is 13.1. The van der Waals surface area contributed by atoms with Gasteiger partial charge in [-0.3, -0.25) is 4.79 Å². The van der Waals surface area contributed by atoms with Crippen molar-refractivity contribution in [2.45, 2.75) is 13.3 Å². The molecule has 2 heterocycles. The van der Waals surface area contributed by atoms with E-state index in [2.05, 4.69) is 4.98 Å². The fourth-order valence-electron chi connectivity index (χ4n) is 3.52. The van der Waals surface area contributed by atoms with Crippen molar-refractivity contribution < 1.29 is 18.7 Å². The van der Waals surface area contributed by atoms with Gasteiger partial charge in [0.2, 0.25) is 0 Å². The molecule has 6 nitrogen and oxygen atoms in total. The highest BCUT2D eigenvalue weighted by atomic mass is 19.1. The SMILES string of the molecule is COc1cc(/C=C2\OCCN(CCc3ccc(F)cc3)C2=O)ccc1-n1cnc(C)c1. The molecule has 0 unspecified atom stereocenters. The molecule has 7 heteroatoms. The van der Waals surface area contributed by atoms with Crippen LogP contribution in [0.15, 0.2) is 60.7 Å². The van der Waals surface area contributed by atoms with E-state index in [-0.39, 0.29) is 11.7 Å². The maximum atomic E-state index is 13.1. The molecular weight excluding hydrogens is 397 g/mol. The fourth-order valence-corrected chi connectivity index (χ4v) is 3.52. The second kappa shape index (κ2) is 9.04. The smallest absolute Gasteiger partial charge is 0.289 e. The Morgan fingerprint density at radius 3 is 2.74 bits per heavy atom. The lowest BCUT2D eigenvalue weighted by molar-refractivity contribution is -0.135. The van der Waals surface area contributed by atoms with Crippen LogP contribution in [-0.2, 0) is 16.0 Å². The molecule has 1 amide bonds. The summed E-state index contributed by atoms with van der Waals surface area (Å²) in [5.41, 5.74) is 3.57. The molecule has 0 N–H and O–H groups in total. The van der Waals surface area contributed by atoms with E-state index in [0.717, 1.165) is 22.5 Å². The van der Waals surface area contributed by atoms with Crippen molar-refractivity contribution in [1.29, 1.82) is 0 Å². The number of methoxy groups -OCH3 is 1. The normalized spacial score (nSPS) is 15.3. The van der Waals surface area contributed by atoms with Crippen molar-refractivity contribution in [2.75, 3.05) is 26.8 Å². The zero-order valence-corrected chi connectivity index (χ0v) is 17.5. The van der Waals surface area contributed by atoms with Gasteiger partial charge in [-0.1, -0.05) is 18.2 Å². The summed E-state index contributed by atoms with van der Waals surface area (Å²) >= 11 is 0. The fraction of sp³-hybridized carbons (Fsp3) is 0.250. The summed E-state index contributed by atoms with van der Waals surface area (Å²) in [5.74, 6) is 0.560. The van der Waals surface area contributed by atoms with Crippen LogP contribution in [0.25, 0.3) is 11.8 Å². The zero-order valence-electron chi connectivity index (χ0n) is 17.5. The first-order chi connectivity index (χ1) is 15.0. The minimum absolute atomic E-state index is 0.151. The standard InChI is InChI=1S/C24H24FN3O3/c1-17-15-28(16-26-17)21-8-5-19(13-22(21)30-2)14-23-24(29)27(11-12-31-23)10-9-18-3-6-20(25)7-4-18/h3-8,13-16H,9-12H2,1-2H3/b23-14-. The van der Waals surface area contributed by atoms with Crippen molar-refractivity contribution in [3.05, 3.63) is 83.4 Å². The Morgan fingerprint density at radius 2 is 2.03 bits per heavy atom. The van der Waals surface area contributed by atoms with Crippen molar-refractivity contribution in [3.8, 4) is 11.4 Å². The van der Waals surface area contributed by atoms with Gasteiger partial charge in [0.05, 0.1) is 31.4 Å². The number of halogens is 1. The number of aryl methyl sites for hydroxylation is 1. The molecule has 0 bridgehead atoms. The number of hydrogen-bond donors (Lipinski definition) is 0. The highest BCUT2D eigenvalue weighted by Crippen LogP contribution is 2.26. The predicted octanol–water partition coefficient (Wildman–Crippen LogP) is 3.77. The lowest BCUT2D eigenvalue weighted by atomic mass is 10.1. The molecule has 1 fully saturated rings. The number of hydrogen-bond acceptors (Lipinski definition) is 4. The van der Waals surface area contributed by atoms with E-state index in [1.807, 2.05) is 35.9 Å². The van der Waals surface area contributed by atoms with Crippen LogP contribution < -0.4 is 4.74 Å². The lowest BCUT2D eigenvalue weighted by Gasteiger charge is -2.28. The molecule has 1 saturated heterocycles. The van der Waals surface area contributed by atoms with E-state index >= 15 is 0 Å². The molecule has 0 aliphatic carbocycles. The Bertz CT molecular complexity index is 1110. The van der Waals surface area contributed by atoms with Crippen LogP contribution in [0.3, 0.4) is 0 Å². The number of carbonyl (C=O) groups is 1. The summed E-state index contributed by atoms with van der Waals surface area (Å²) in [7, 11) is 1.61. The van der Waals surface area contributed by atoms with E-state index in [1.54, 1.807) is 36.5 Å². The van der Waals surface area contributed by atoms with Gasteiger partial charge < -0.3 is 18.9 Å². The van der Waals surface area contributed by atoms with Gasteiger partial charge in [0.15, 0.2) is 5.76 Å². The van der Waals surface area contributed by atoms with Gasteiger partial charge in [0, 0.05) is 12.7 Å². The minimum Gasteiger partial charge on any atom is -0.495 e. The summed E-state index contributed by atoms with van der Waals surface area (Å²) < 4.78 is 26.2. The van der Waals surface area contributed by atoms with Crippen molar-refractivity contribution >= 4 is 12.0 Å². The molecule has 3 aromatic rings. The largest absolute Gasteiger partial charge is 0.495 e. The first-order valence-electron chi connectivity index (χ1n) is 10.1. The highest BCUT2D eigenvalue weighted by Gasteiger charge is 2.24. The maximum Gasteiger partial charge on any atom is 0.289 e. The Balaban J connectivity index is 1.49. The van der Waals surface area contributed by atoms with E-state index in [1.165, 1.54) is 12.1 Å². The molecule has 0 atom stereocenters. The average Bonchev–Trinajstić information content (AvgIpc) is 3.21. The first kappa shape index (κ1) is 20.7. The molecule has 0 radical (unpaired) electrons. The van der Waals surface area contributed by atoms with E-state index in [0.29, 0.717) is 37.6 Å². The quantitative estimate of drug-likeness (QED) is 0.569. The van der Waals surface area contributed by atoms with E-state index < -0.39 is 0 Å². The van der Waals surface area contributed by atoms with E-state index in [4.69, 9.17) is 9.47 Å². The average molecular weight is 421 g/mol. The zero-order chi connectivity index (χ0) is 21.8. The second-order valence-corrected chi connectivity index (χ2v) is 7.38.